The molecule has 0 radical (unpaired) electrons. The number of thioether (sulfide) groups is 1. The SMILES string of the molecule is CSC(=NC#N)N1CC(C)C(N(C)C)C1. The number of amidine groups is 1. The number of aliphatic imine (C=N–C) groups is 1. The summed E-state index contributed by atoms with van der Waals surface area (Å²) in [5, 5.41) is 9.42. The van der Waals surface area contributed by atoms with E-state index in [2.05, 4.69) is 35.8 Å². The van der Waals surface area contributed by atoms with Crippen molar-refractivity contribution in [1.82, 2.24) is 9.80 Å². The molecule has 0 aromatic rings. The molecule has 1 aliphatic rings. The average Bonchev–Trinajstić information content (AvgIpc) is 2.56. The normalized spacial score (nSPS) is 27.2. The molecule has 5 heteroatoms. The third kappa shape index (κ3) is 2.86. The van der Waals surface area contributed by atoms with Gasteiger partial charge in [-0.25, -0.2) is 0 Å². The molecule has 0 aliphatic carbocycles. The molecule has 1 heterocycles. The quantitative estimate of drug-likeness (QED) is 0.381. The molecule has 2 atom stereocenters. The highest BCUT2D eigenvalue weighted by Crippen LogP contribution is 2.22. The van der Waals surface area contributed by atoms with Gasteiger partial charge in [-0.2, -0.15) is 5.26 Å². The second kappa shape index (κ2) is 5.38. The van der Waals surface area contributed by atoms with Gasteiger partial charge in [-0.15, -0.1) is 4.99 Å². The highest BCUT2D eigenvalue weighted by atomic mass is 32.2. The number of likely N-dealkylation sites (N-methyl/N-ethyl adjacent to an activating group) is 1. The van der Waals surface area contributed by atoms with Crippen LogP contribution in [0.4, 0.5) is 0 Å². The molecule has 2 unspecified atom stereocenters. The second-order valence-electron chi connectivity index (χ2n) is 4.11. The molecule has 4 nitrogen and oxygen atoms in total. The number of likely N-dealkylation sites (tertiary alicyclic amines) is 1. The lowest BCUT2D eigenvalue weighted by atomic mass is 10.1. The first-order valence-electron chi connectivity index (χ1n) is 5.02. The fraction of sp³-hybridized carbons (Fsp3) is 0.800. The molecule has 1 saturated heterocycles. The van der Waals surface area contributed by atoms with Gasteiger partial charge in [-0.05, 0) is 26.3 Å². The molecule has 0 bridgehead atoms. The van der Waals surface area contributed by atoms with Crippen LogP contribution >= 0.6 is 11.8 Å². The van der Waals surface area contributed by atoms with E-state index in [-0.39, 0.29) is 0 Å². The molecule has 1 aliphatic heterocycles. The van der Waals surface area contributed by atoms with Gasteiger partial charge < -0.3 is 9.80 Å². The van der Waals surface area contributed by atoms with Gasteiger partial charge in [0.25, 0.3) is 0 Å². The van der Waals surface area contributed by atoms with Crippen LogP contribution < -0.4 is 0 Å². The number of hydrogen-bond acceptors (Lipinski definition) is 4. The first-order chi connectivity index (χ1) is 7.10. The topological polar surface area (TPSA) is 42.6 Å². The maximum Gasteiger partial charge on any atom is 0.208 e. The molecule has 0 spiro atoms. The van der Waals surface area contributed by atoms with E-state index in [9.17, 15) is 0 Å². The molecule has 84 valence electrons. The molecule has 0 N–H and O–H groups in total. The summed E-state index contributed by atoms with van der Waals surface area (Å²) in [6.45, 7) is 4.20. The Hall–Kier alpha value is -0.730. The maximum atomic E-state index is 8.58. The fourth-order valence-corrected chi connectivity index (χ4v) is 2.61. The Morgan fingerprint density at radius 1 is 1.53 bits per heavy atom. The minimum absolute atomic E-state index is 0.557. The van der Waals surface area contributed by atoms with E-state index in [0.29, 0.717) is 12.0 Å². The van der Waals surface area contributed by atoms with Crippen LogP contribution in [0.25, 0.3) is 0 Å². The summed E-state index contributed by atoms with van der Waals surface area (Å²) in [7, 11) is 4.20. The summed E-state index contributed by atoms with van der Waals surface area (Å²) in [6.07, 6.45) is 3.83. The summed E-state index contributed by atoms with van der Waals surface area (Å²) in [6, 6.07) is 0.557. The molecule has 0 amide bonds. The van der Waals surface area contributed by atoms with Crippen molar-refractivity contribution in [3.63, 3.8) is 0 Å². The Morgan fingerprint density at radius 2 is 2.20 bits per heavy atom. The molecule has 1 fully saturated rings. The summed E-state index contributed by atoms with van der Waals surface area (Å²) in [5.41, 5.74) is 0. The van der Waals surface area contributed by atoms with Crippen molar-refractivity contribution < 1.29 is 0 Å². The lowest BCUT2D eigenvalue weighted by Gasteiger charge is -2.22. The largest absolute Gasteiger partial charge is 0.349 e. The van der Waals surface area contributed by atoms with Crippen LogP contribution in [0, 0.1) is 17.4 Å². The smallest absolute Gasteiger partial charge is 0.208 e. The van der Waals surface area contributed by atoms with Crippen molar-refractivity contribution in [3.05, 3.63) is 0 Å². The summed E-state index contributed by atoms with van der Waals surface area (Å²) in [5.74, 6) is 0.621. The third-order valence-corrected chi connectivity index (χ3v) is 3.55. The van der Waals surface area contributed by atoms with Gasteiger partial charge in [0, 0.05) is 19.1 Å². The van der Waals surface area contributed by atoms with Gasteiger partial charge in [0.1, 0.15) is 0 Å². The summed E-state index contributed by atoms with van der Waals surface area (Å²) < 4.78 is 0. The van der Waals surface area contributed by atoms with E-state index in [1.165, 1.54) is 0 Å². The lowest BCUT2D eigenvalue weighted by molar-refractivity contribution is 0.262. The highest BCUT2D eigenvalue weighted by molar-refractivity contribution is 8.13. The van der Waals surface area contributed by atoms with Crippen LogP contribution in [-0.2, 0) is 0 Å². The number of hydrogen-bond donors (Lipinski definition) is 0. The first-order valence-corrected chi connectivity index (χ1v) is 6.24. The summed E-state index contributed by atoms with van der Waals surface area (Å²) >= 11 is 1.54. The van der Waals surface area contributed by atoms with Crippen LogP contribution in [0.5, 0.6) is 0 Å². The van der Waals surface area contributed by atoms with Crippen molar-refractivity contribution in [3.8, 4) is 6.19 Å². The molecule has 0 saturated carbocycles. The Labute approximate surface area is 95.9 Å². The molecular formula is C10H18N4S. The van der Waals surface area contributed by atoms with Crippen LogP contribution in [0.15, 0.2) is 4.99 Å². The van der Waals surface area contributed by atoms with Crippen molar-refractivity contribution in [1.29, 1.82) is 5.26 Å². The van der Waals surface area contributed by atoms with Crippen LogP contribution in [0.3, 0.4) is 0 Å². The molecule has 15 heavy (non-hydrogen) atoms. The predicted molar refractivity (Wildman–Crippen MR) is 64.8 cm³/mol. The molecule has 0 aromatic carbocycles. The standard InChI is InChI=1S/C10H18N4S/c1-8-5-14(6-9(8)13(2)3)10(15-4)12-7-11/h8-9H,5-6H2,1-4H3. The van der Waals surface area contributed by atoms with E-state index >= 15 is 0 Å². The maximum absolute atomic E-state index is 8.58. The van der Waals surface area contributed by atoms with Crippen molar-refractivity contribution >= 4 is 16.9 Å². The molecular weight excluding hydrogens is 208 g/mol. The van der Waals surface area contributed by atoms with Gasteiger partial charge >= 0.3 is 0 Å². The first kappa shape index (κ1) is 12.3. The zero-order valence-corrected chi connectivity index (χ0v) is 10.6. The third-order valence-electron chi connectivity index (χ3n) is 2.83. The predicted octanol–water partition coefficient (Wildman–Crippen LogP) is 1.07. The Balaban J connectivity index is 2.69. The molecule has 1 rings (SSSR count). The monoisotopic (exact) mass is 226 g/mol. The van der Waals surface area contributed by atoms with Gasteiger partial charge in [0.2, 0.25) is 6.19 Å². The second-order valence-corrected chi connectivity index (χ2v) is 4.89. The Kier molecular flexibility index (Phi) is 4.43. The fourth-order valence-electron chi connectivity index (χ4n) is 2.07. The van der Waals surface area contributed by atoms with Crippen LogP contribution in [0.2, 0.25) is 0 Å². The molecule has 0 aromatic heterocycles. The zero-order chi connectivity index (χ0) is 11.4. The van der Waals surface area contributed by atoms with Gasteiger partial charge in [0.15, 0.2) is 5.17 Å². The number of nitriles is 1. The number of rotatable bonds is 1. The summed E-state index contributed by atoms with van der Waals surface area (Å²) in [4.78, 5) is 8.29. The van der Waals surface area contributed by atoms with E-state index in [0.717, 1.165) is 18.3 Å². The van der Waals surface area contributed by atoms with Crippen molar-refractivity contribution in [2.75, 3.05) is 33.4 Å². The van der Waals surface area contributed by atoms with E-state index in [1.54, 1.807) is 11.8 Å². The number of nitrogens with zero attached hydrogens (tertiary/aromatic N) is 4. The van der Waals surface area contributed by atoms with Gasteiger partial charge in [-0.3, -0.25) is 0 Å². The van der Waals surface area contributed by atoms with Crippen LogP contribution in [0.1, 0.15) is 6.92 Å². The minimum Gasteiger partial charge on any atom is -0.349 e. The van der Waals surface area contributed by atoms with Crippen LogP contribution in [-0.4, -0.2) is 54.4 Å². The highest BCUT2D eigenvalue weighted by Gasteiger charge is 2.32. The Morgan fingerprint density at radius 3 is 2.60 bits per heavy atom. The van der Waals surface area contributed by atoms with Crippen molar-refractivity contribution in [2.24, 2.45) is 10.9 Å². The van der Waals surface area contributed by atoms with Gasteiger partial charge in [0.05, 0.1) is 0 Å². The lowest BCUT2D eigenvalue weighted by Crippen LogP contribution is -2.35. The average molecular weight is 226 g/mol. The minimum atomic E-state index is 0.557. The zero-order valence-electron chi connectivity index (χ0n) is 9.77. The van der Waals surface area contributed by atoms with Gasteiger partial charge in [-0.1, -0.05) is 18.7 Å². The van der Waals surface area contributed by atoms with E-state index in [4.69, 9.17) is 5.26 Å². The van der Waals surface area contributed by atoms with Crippen molar-refractivity contribution in [2.45, 2.75) is 13.0 Å². The Bertz CT molecular complexity index is 282. The van der Waals surface area contributed by atoms with E-state index in [1.807, 2.05) is 12.4 Å². The van der Waals surface area contributed by atoms with E-state index < -0.39 is 0 Å².